The van der Waals surface area contributed by atoms with Gasteiger partial charge in [-0.3, -0.25) is 14.4 Å². The molecule has 1 aromatic carbocycles. The van der Waals surface area contributed by atoms with Gasteiger partial charge in [0.1, 0.15) is 18.1 Å². The van der Waals surface area contributed by atoms with Crippen LogP contribution in [0.25, 0.3) is 0 Å². The molecule has 5 N–H and O–H groups in total. The number of hydrogen-bond donors (Lipinski definition) is 4. The van der Waals surface area contributed by atoms with Crippen LogP contribution in [0.5, 0.6) is 0 Å². The van der Waals surface area contributed by atoms with Crippen molar-refractivity contribution < 1.29 is 24.3 Å². The molecule has 0 aromatic heterocycles. The van der Waals surface area contributed by atoms with Crippen molar-refractivity contribution in [1.82, 2.24) is 15.5 Å². The van der Waals surface area contributed by atoms with Gasteiger partial charge in [-0.25, -0.2) is 4.79 Å². The van der Waals surface area contributed by atoms with Crippen molar-refractivity contribution in [2.24, 2.45) is 17.6 Å². The standard InChI is InChI=1S/C26H40N4O5/c1-5-16(3)21(27)24(32)29-22(17(4)6-2)25(33)30-14-10-13-20(30)23(31)28-19(26(34)35)15-18-11-8-7-9-12-18/h7-9,11-12,16-17,19-22H,5-6,10,13-15,27H2,1-4H3,(H,28,31)(H,29,32)(H,34,35). The maximum Gasteiger partial charge on any atom is 0.326 e. The number of carbonyl (C=O) groups is 4. The molecule has 1 saturated heterocycles. The minimum absolute atomic E-state index is 0.0365. The van der Waals surface area contributed by atoms with Gasteiger partial charge in [-0.05, 0) is 30.2 Å². The van der Waals surface area contributed by atoms with Crippen LogP contribution in [0, 0.1) is 11.8 Å². The number of nitrogens with two attached hydrogens (primary N) is 1. The van der Waals surface area contributed by atoms with Crippen LogP contribution in [0.4, 0.5) is 0 Å². The number of carboxylic acid groups (broad SMARTS) is 1. The van der Waals surface area contributed by atoms with Crippen molar-refractivity contribution in [1.29, 1.82) is 0 Å². The summed E-state index contributed by atoms with van der Waals surface area (Å²) in [6.07, 6.45) is 2.58. The van der Waals surface area contributed by atoms with Gasteiger partial charge in [0.25, 0.3) is 0 Å². The summed E-state index contributed by atoms with van der Waals surface area (Å²) >= 11 is 0. The lowest BCUT2D eigenvalue weighted by molar-refractivity contribution is -0.145. The summed E-state index contributed by atoms with van der Waals surface area (Å²) < 4.78 is 0. The third kappa shape index (κ3) is 7.52. The lowest BCUT2D eigenvalue weighted by Gasteiger charge is -2.32. The molecule has 1 heterocycles. The predicted molar refractivity (Wildman–Crippen MR) is 133 cm³/mol. The van der Waals surface area contributed by atoms with Gasteiger partial charge >= 0.3 is 5.97 Å². The molecule has 1 fully saturated rings. The minimum Gasteiger partial charge on any atom is -0.480 e. The van der Waals surface area contributed by atoms with Crippen molar-refractivity contribution >= 4 is 23.7 Å². The van der Waals surface area contributed by atoms with E-state index in [9.17, 15) is 24.3 Å². The third-order valence-corrected chi connectivity index (χ3v) is 7.07. The fourth-order valence-electron chi connectivity index (χ4n) is 4.24. The third-order valence-electron chi connectivity index (χ3n) is 7.07. The minimum atomic E-state index is -1.14. The second-order valence-electron chi connectivity index (χ2n) is 9.56. The summed E-state index contributed by atoms with van der Waals surface area (Å²) in [5, 5.41) is 15.1. The Morgan fingerprint density at radius 1 is 1.06 bits per heavy atom. The quantitative estimate of drug-likeness (QED) is 0.353. The molecular formula is C26H40N4O5. The number of nitrogens with zero attached hydrogens (tertiary/aromatic N) is 1. The zero-order valence-corrected chi connectivity index (χ0v) is 21.2. The SMILES string of the molecule is CCC(C)C(N)C(=O)NC(C(=O)N1CCCC1C(=O)NC(Cc1ccccc1)C(=O)O)C(C)CC. The zero-order valence-electron chi connectivity index (χ0n) is 21.2. The Kier molecular flexibility index (Phi) is 10.7. The number of carbonyl (C=O) groups excluding carboxylic acids is 3. The van der Waals surface area contributed by atoms with Crippen LogP contribution in [-0.2, 0) is 25.6 Å². The number of hydrogen-bond acceptors (Lipinski definition) is 5. The number of likely N-dealkylation sites (tertiary alicyclic amines) is 1. The van der Waals surface area contributed by atoms with E-state index in [-0.39, 0.29) is 30.1 Å². The largest absolute Gasteiger partial charge is 0.480 e. The highest BCUT2D eigenvalue weighted by atomic mass is 16.4. The molecule has 6 atom stereocenters. The Morgan fingerprint density at radius 2 is 1.69 bits per heavy atom. The van der Waals surface area contributed by atoms with E-state index in [0.29, 0.717) is 25.8 Å². The van der Waals surface area contributed by atoms with Crippen molar-refractivity contribution in [3.8, 4) is 0 Å². The monoisotopic (exact) mass is 488 g/mol. The molecule has 0 aliphatic carbocycles. The van der Waals surface area contributed by atoms with Crippen molar-refractivity contribution in [3.63, 3.8) is 0 Å². The van der Waals surface area contributed by atoms with Crippen LogP contribution in [0.1, 0.15) is 58.9 Å². The first-order valence-corrected chi connectivity index (χ1v) is 12.5. The second kappa shape index (κ2) is 13.2. The average Bonchev–Trinajstić information content (AvgIpc) is 3.35. The fraction of sp³-hybridized carbons (Fsp3) is 0.615. The molecule has 9 nitrogen and oxygen atoms in total. The molecule has 0 saturated carbocycles. The Labute approximate surface area is 207 Å². The summed E-state index contributed by atoms with van der Waals surface area (Å²) in [5.41, 5.74) is 6.87. The molecule has 1 aliphatic heterocycles. The molecule has 0 radical (unpaired) electrons. The number of benzene rings is 1. The van der Waals surface area contributed by atoms with Crippen LogP contribution >= 0.6 is 0 Å². The van der Waals surface area contributed by atoms with Gasteiger partial charge < -0.3 is 26.4 Å². The van der Waals surface area contributed by atoms with Crippen molar-refractivity contribution in [2.75, 3.05) is 6.54 Å². The van der Waals surface area contributed by atoms with Gasteiger partial charge in [-0.2, -0.15) is 0 Å². The van der Waals surface area contributed by atoms with Crippen LogP contribution in [0.2, 0.25) is 0 Å². The maximum absolute atomic E-state index is 13.5. The molecule has 35 heavy (non-hydrogen) atoms. The predicted octanol–water partition coefficient (Wildman–Crippen LogP) is 1.69. The topological polar surface area (TPSA) is 142 Å². The summed E-state index contributed by atoms with van der Waals surface area (Å²) in [6.45, 7) is 8.02. The van der Waals surface area contributed by atoms with E-state index >= 15 is 0 Å². The van der Waals surface area contributed by atoms with Gasteiger partial charge in [0.15, 0.2) is 0 Å². The Bertz CT molecular complexity index is 878. The van der Waals surface area contributed by atoms with E-state index in [2.05, 4.69) is 10.6 Å². The highest BCUT2D eigenvalue weighted by molar-refractivity contribution is 5.94. The molecule has 194 valence electrons. The molecule has 3 amide bonds. The highest BCUT2D eigenvalue weighted by Gasteiger charge is 2.40. The zero-order chi connectivity index (χ0) is 26.1. The summed E-state index contributed by atoms with van der Waals surface area (Å²) in [6, 6.07) is 5.62. The maximum atomic E-state index is 13.5. The summed E-state index contributed by atoms with van der Waals surface area (Å²) in [4.78, 5) is 52.7. The van der Waals surface area contributed by atoms with Crippen LogP contribution in [-0.4, -0.2) is 64.4 Å². The molecule has 0 bridgehead atoms. The Morgan fingerprint density at radius 3 is 2.26 bits per heavy atom. The number of nitrogens with one attached hydrogen (secondary N) is 2. The normalized spacial score (nSPS) is 19.8. The first-order valence-electron chi connectivity index (χ1n) is 12.5. The van der Waals surface area contributed by atoms with Crippen LogP contribution in [0.15, 0.2) is 30.3 Å². The summed E-state index contributed by atoms with van der Waals surface area (Å²) in [5.74, 6) is -2.55. The molecule has 2 rings (SSSR count). The van der Waals surface area contributed by atoms with E-state index in [4.69, 9.17) is 5.73 Å². The fourth-order valence-corrected chi connectivity index (χ4v) is 4.24. The molecule has 6 unspecified atom stereocenters. The van der Waals surface area contributed by atoms with E-state index in [1.165, 1.54) is 4.90 Å². The Balaban J connectivity index is 2.15. The average molecular weight is 489 g/mol. The van der Waals surface area contributed by atoms with Gasteiger partial charge in [0, 0.05) is 13.0 Å². The molecule has 9 heteroatoms. The lowest BCUT2D eigenvalue weighted by Crippen LogP contribution is -2.59. The number of amides is 3. The summed E-state index contributed by atoms with van der Waals surface area (Å²) in [7, 11) is 0. The van der Waals surface area contributed by atoms with Gasteiger partial charge in [-0.1, -0.05) is 70.9 Å². The van der Waals surface area contributed by atoms with Gasteiger partial charge in [0.05, 0.1) is 6.04 Å². The Hall–Kier alpha value is -2.94. The van der Waals surface area contributed by atoms with Crippen LogP contribution in [0.3, 0.4) is 0 Å². The lowest BCUT2D eigenvalue weighted by atomic mass is 9.95. The van der Waals surface area contributed by atoms with Crippen molar-refractivity contribution in [3.05, 3.63) is 35.9 Å². The number of aliphatic carboxylic acids is 1. The highest BCUT2D eigenvalue weighted by Crippen LogP contribution is 2.22. The van der Waals surface area contributed by atoms with E-state index in [1.807, 2.05) is 45.9 Å². The number of rotatable bonds is 12. The smallest absolute Gasteiger partial charge is 0.326 e. The van der Waals surface area contributed by atoms with Gasteiger partial charge in [0.2, 0.25) is 17.7 Å². The molecule has 0 spiro atoms. The van der Waals surface area contributed by atoms with Crippen molar-refractivity contribution in [2.45, 2.75) is 84.0 Å². The van der Waals surface area contributed by atoms with E-state index < -0.39 is 36.0 Å². The first-order chi connectivity index (χ1) is 16.6. The molecular weight excluding hydrogens is 448 g/mol. The first kappa shape index (κ1) is 28.3. The van der Waals surface area contributed by atoms with Gasteiger partial charge in [-0.15, -0.1) is 0 Å². The van der Waals surface area contributed by atoms with E-state index in [0.717, 1.165) is 12.0 Å². The molecule has 1 aromatic rings. The van der Waals surface area contributed by atoms with Crippen LogP contribution < -0.4 is 16.4 Å². The second-order valence-corrected chi connectivity index (χ2v) is 9.56. The molecule has 1 aliphatic rings. The van der Waals surface area contributed by atoms with E-state index in [1.54, 1.807) is 12.1 Å². The number of carboxylic acids is 1.